The maximum atomic E-state index is 13.0. The Hall–Kier alpha value is -3.22. The van der Waals surface area contributed by atoms with Gasteiger partial charge in [0.1, 0.15) is 11.6 Å². The van der Waals surface area contributed by atoms with Crippen molar-refractivity contribution in [3.63, 3.8) is 0 Å². The largest absolute Gasteiger partial charge is 0.497 e. The fourth-order valence-corrected chi connectivity index (χ4v) is 2.68. The van der Waals surface area contributed by atoms with E-state index in [2.05, 4.69) is 15.6 Å². The van der Waals surface area contributed by atoms with Gasteiger partial charge >= 0.3 is 0 Å². The Morgan fingerprint density at radius 3 is 2.65 bits per heavy atom. The summed E-state index contributed by atoms with van der Waals surface area (Å²) in [4.78, 5) is 16.0. The minimum absolute atomic E-state index is 0.0446. The fourth-order valence-electron chi connectivity index (χ4n) is 2.68. The molecule has 0 aliphatic heterocycles. The minimum atomic E-state index is -0.595. The summed E-state index contributed by atoms with van der Waals surface area (Å²) < 4.78 is 18.1. The zero-order chi connectivity index (χ0) is 18.6. The first-order valence-corrected chi connectivity index (χ1v) is 8.13. The van der Waals surface area contributed by atoms with Crippen LogP contribution in [-0.4, -0.2) is 23.8 Å². The molecule has 0 spiro atoms. The van der Waals surface area contributed by atoms with E-state index >= 15 is 0 Å². The van der Waals surface area contributed by atoms with Crippen LogP contribution >= 0.6 is 0 Å². The molecule has 134 valence electrons. The molecule has 1 aromatic heterocycles. The van der Waals surface area contributed by atoms with Crippen LogP contribution in [0.5, 0.6) is 5.75 Å². The molecule has 3 rings (SSSR count). The molecule has 0 saturated heterocycles. The van der Waals surface area contributed by atoms with Gasteiger partial charge in [-0.1, -0.05) is 12.1 Å². The average Bonchev–Trinajstić information content (AvgIpc) is 3.44. The molecule has 26 heavy (non-hydrogen) atoms. The van der Waals surface area contributed by atoms with E-state index in [4.69, 9.17) is 10.1 Å². The summed E-state index contributed by atoms with van der Waals surface area (Å²) in [6, 6.07) is 10.2. The van der Waals surface area contributed by atoms with Crippen LogP contribution in [0, 0.1) is 11.4 Å². The van der Waals surface area contributed by atoms with E-state index in [1.807, 2.05) is 24.3 Å². The summed E-state index contributed by atoms with van der Waals surface area (Å²) in [6.07, 6.45) is 5.70. The molecule has 1 aliphatic rings. The van der Waals surface area contributed by atoms with Crippen molar-refractivity contribution in [1.29, 1.82) is 5.41 Å². The lowest BCUT2D eigenvalue weighted by Crippen LogP contribution is -2.37. The van der Waals surface area contributed by atoms with Crippen molar-refractivity contribution in [2.45, 2.75) is 18.3 Å². The Balaban J connectivity index is 1.58. The molecule has 2 aromatic rings. The van der Waals surface area contributed by atoms with E-state index in [0.717, 1.165) is 24.2 Å². The molecule has 0 bridgehead atoms. The highest BCUT2D eigenvalue weighted by atomic mass is 19.1. The van der Waals surface area contributed by atoms with E-state index in [-0.39, 0.29) is 11.7 Å². The van der Waals surface area contributed by atoms with E-state index in [0.29, 0.717) is 5.69 Å². The standard InChI is InChI=1S/C19H19FN4O2/c1-26-15-4-2-13(3-5-15)19(8-9-19)18(25)24-17(21)7-11-22-14-6-10-23-16(20)12-14/h2-7,10-12H,8-9H2,1H3,(H,22,23)(H2,21,24,25)/b11-7-. The molecule has 1 heterocycles. The van der Waals surface area contributed by atoms with Crippen molar-refractivity contribution in [3.8, 4) is 5.75 Å². The predicted molar refractivity (Wildman–Crippen MR) is 96.7 cm³/mol. The number of amidine groups is 1. The second kappa shape index (κ2) is 7.35. The highest BCUT2D eigenvalue weighted by Crippen LogP contribution is 2.48. The van der Waals surface area contributed by atoms with Crippen molar-refractivity contribution >= 4 is 17.4 Å². The van der Waals surface area contributed by atoms with Gasteiger partial charge in [0.15, 0.2) is 0 Å². The number of benzene rings is 1. The number of aromatic nitrogens is 1. The second-order valence-corrected chi connectivity index (χ2v) is 6.02. The Morgan fingerprint density at radius 2 is 2.04 bits per heavy atom. The number of nitrogens with one attached hydrogen (secondary N) is 3. The van der Waals surface area contributed by atoms with Gasteiger partial charge in [0, 0.05) is 24.2 Å². The highest BCUT2D eigenvalue weighted by molar-refractivity contribution is 6.07. The van der Waals surface area contributed by atoms with E-state index < -0.39 is 11.4 Å². The molecule has 0 unspecified atom stereocenters. The molecule has 7 heteroatoms. The third kappa shape index (κ3) is 3.88. The summed E-state index contributed by atoms with van der Waals surface area (Å²) in [5.41, 5.74) is 0.844. The van der Waals surface area contributed by atoms with Gasteiger partial charge < -0.3 is 15.4 Å². The van der Waals surface area contributed by atoms with Gasteiger partial charge in [-0.25, -0.2) is 4.98 Å². The number of pyridine rings is 1. The van der Waals surface area contributed by atoms with Gasteiger partial charge in [0.05, 0.1) is 12.5 Å². The van der Waals surface area contributed by atoms with Crippen LogP contribution in [0.15, 0.2) is 54.9 Å². The quantitative estimate of drug-likeness (QED) is 0.423. The number of carbonyl (C=O) groups is 1. The number of halogens is 1. The molecule has 1 fully saturated rings. The number of hydrogen-bond acceptors (Lipinski definition) is 5. The lowest BCUT2D eigenvalue weighted by Gasteiger charge is -2.15. The van der Waals surface area contributed by atoms with Gasteiger partial charge in [-0.3, -0.25) is 10.2 Å². The van der Waals surface area contributed by atoms with Crippen LogP contribution in [0.1, 0.15) is 18.4 Å². The number of hydrogen-bond donors (Lipinski definition) is 3. The Labute approximate surface area is 150 Å². The van der Waals surface area contributed by atoms with E-state index in [1.165, 1.54) is 24.5 Å². The highest BCUT2D eigenvalue weighted by Gasteiger charge is 2.51. The zero-order valence-electron chi connectivity index (χ0n) is 14.3. The van der Waals surface area contributed by atoms with E-state index in [9.17, 15) is 9.18 Å². The normalized spacial score (nSPS) is 14.7. The Kier molecular flexibility index (Phi) is 4.97. The maximum Gasteiger partial charge on any atom is 0.236 e. The number of carbonyl (C=O) groups excluding carboxylic acids is 1. The third-order valence-electron chi connectivity index (χ3n) is 4.30. The van der Waals surface area contributed by atoms with Gasteiger partial charge in [-0.2, -0.15) is 4.39 Å². The molecular formula is C19H19FN4O2. The maximum absolute atomic E-state index is 13.0. The molecule has 0 radical (unpaired) electrons. The number of methoxy groups -OCH3 is 1. The van der Waals surface area contributed by atoms with Crippen LogP contribution in [0.3, 0.4) is 0 Å². The fraction of sp³-hybridized carbons (Fsp3) is 0.211. The lowest BCUT2D eigenvalue weighted by molar-refractivity contribution is -0.122. The summed E-state index contributed by atoms with van der Waals surface area (Å²) in [5.74, 6) is -0.106. The zero-order valence-corrected chi connectivity index (χ0v) is 14.3. The first-order valence-electron chi connectivity index (χ1n) is 8.13. The van der Waals surface area contributed by atoms with Crippen molar-refractivity contribution < 1.29 is 13.9 Å². The van der Waals surface area contributed by atoms with Crippen LogP contribution in [-0.2, 0) is 10.2 Å². The van der Waals surface area contributed by atoms with Crippen LogP contribution < -0.4 is 15.4 Å². The number of amides is 1. The monoisotopic (exact) mass is 354 g/mol. The molecule has 1 saturated carbocycles. The Morgan fingerprint density at radius 1 is 1.31 bits per heavy atom. The predicted octanol–water partition coefficient (Wildman–Crippen LogP) is 2.98. The Bertz CT molecular complexity index is 845. The first-order chi connectivity index (χ1) is 12.5. The first kappa shape index (κ1) is 17.6. The summed E-state index contributed by atoms with van der Waals surface area (Å²) in [6.45, 7) is 0. The van der Waals surface area contributed by atoms with Gasteiger partial charge in [-0.15, -0.1) is 0 Å². The molecule has 6 nitrogen and oxygen atoms in total. The molecule has 0 atom stereocenters. The van der Waals surface area contributed by atoms with Crippen molar-refractivity contribution in [1.82, 2.24) is 10.3 Å². The van der Waals surface area contributed by atoms with Crippen molar-refractivity contribution in [2.24, 2.45) is 0 Å². The van der Waals surface area contributed by atoms with E-state index in [1.54, 1.807) is 13.2 Å². The molecule has 3 N–H and O–H groups in total. The molecular weight excluding hydrogens is 335 g/mol. The number of nitrogens with zero attached hydrogens (tertiary/aromatic N) is 1. The number of rotatable bonds is 6. The summed E-state index contributed by atoms with van der Waals surface area (Å²) >= 11 is 0. The van der Waals surface area contributed by atoms with Crippen LogP contribution in [0.4, 0.5) is 10.1 Å². The second-order valence-electron chi connectivity index (χ2n) is 6.02. The van der Waals surface area contributed by atoms with Crippen molar-refractivity contribution in [2.75, 3.05) is 12.4 Å². The van der Waals surface area contributed by atoms with Crippen LogP contribution in [0.2, 0.25) is 0 Å². The topological polar surface area (TPSA) is 87.1 Å². The minimum Gasteiger partial charge on any atom is -0.497 e. The molecule has 1 aromatic carbocycles. The van der Waals surface area contributed by atoms with Crippen LogP contribution in [0.25, 0.3) is 0 Å². The summed E-state index contributed by atoms with van der Waals surface area (Å²) in [5, 5.41) is 13.3. The smallest absolute Gasteiger partial charge is 0.236 e. The SMILES string of the molecule is COc1ccc(C2(C(=O)NC(=N)/C=C\Nc3ccnc(F)c3)CC2)cc1. The van der Waals surface area contributed by atoms with Gasteiger partial charge in [0.25, 0.3) is 0 Å². The third-order valence-corrected chi connectivity index (χ3v) is 4.30. The van der Waals surface area contributed by atoms with Gasteiger partial charge in [-0.05, 0) is 42.7 Å². The number of anilines is 1. The molecule has 1 aliphatic carbocycles. The molecule has 1 amide bonds. The number of ether oxygens (including phenoxy) is 1. The van der Waals surface area contributed by atoms with Crippen molar-refractivity contribution in [3.05, 3.63) is 66.4 Å². The lowest BCUT2D eigenvalue weighted by atomic mass is 9.95. The average molecular weight is 354 g/mol. The summed E-state index contributed by atoms with van der Waals surface area (Å²) in [7, 11) is 1.59. The van der Waals surface area contributed by atoms with Gasteiger partial charge in [0.2, 0.25) is 11.9 Å².